The first-order valence-electron chi connectivity index (χ1n) is 9.30. The number of guanidine groups is 1. The van der Waals surface area contributed by atoms with Crippen molar-refractivity contribution in [3.63, 3.8) is 0 Å². The smallest absolute Gasteiger partial charge is 0.193 e. The molecule has 1 unspecified atom stereocenters. The summed E-state index contributed by atoms with van der Waals surface area (Å²) in [6.45, 7) is 10.2. The van der Waals surface area contributed by atoms with Crippen LogP contribution < -0.4 is 20.1 Å². The van der Waals surface area contributed by atoms with E-state index in [-0.39, 0.29) is 5.54 Å². The van der Waals surface area contributed by atoms with Crippen LogP contribution in [0.15, 0.2) is 23.2 Å². The van der Waals surface area contributed by atoms with Gasteiger partial charge in [-0.05, 0) is 44.9 Å². The van der Waals surface area contributed by atoms with E-state index < -0.39 is 0 Å². The number of rotatable bonds is 6. The normalized spacial score (nSPS) is 18.2. The maximum atomic E-state index is 5.41. The number of ether oxygens (including phenoxy) is 2. The predicted octanol–water partition coefficient (Wildman–Crippen LogP) is 2.46. The van der Waals surface area contributed by atoms with Crippen molar-refractivity contribution in [2.24, 2.45) is 4.99 Å². The summed E-state index contributed by atoms with van der Waals surface area (Å²) in [5.41, 5.74) is 1.39. The van der Waals surface area contributed by atoms with E-state index in [1.807, 2.05) is 13.1 Å². The van der Waals surface area contributed by atoms with Crippen LogP contribution in [0.1, 0.15) is 38.7 Å². The van der Waals surface area contributed by atoms with Crippen LogP contribution in [0.3, 0.4) is 0 Å². The van der Waals surface area contributed by atoms with Crippen LogP contribution in [0.4, 0.5) is 0 Å². The van der Waals surface area contributed by atoms with Gasteiger partial charge in [0.2, 0.25) is 0 Å². The van der Waals surface area contributed by atoms with Crippen LogP contribution in [0.25, 0.3) is 0 Å². The predicted molar refractivity (Wildman–Crippen MR) is 108 cm³/mol. The Balaban J connectivity index is 1.94. The zero-order chi connectivity index (χ0) is 19.2. The molecule has 1 heterocycles. The number of methoxy groups -OCH3 is 2. The minimum Gasteiger partial charge on any atom is -0.497 e. The van der Waals surface area contributed by atoms with Crippen molar-refractivity contribution in [2.45, 2.75) is 38.6 Å². The van der Waals surface area contributed by atoms with Crippen LogP contribution >= 0.6 is 0 Å². The average molecular weight is 363 g/mol. The lowest BCUT2D eigenvalue weighted by Crippen LogP contribution is -2.45. The Morgan fingerprint density at radius 3 is 2.35 bits per heavy atom. The van der Waals surface area contributed by atoms with E-state index in [4.69, 9.17) is 9.47 Å². The first-order valence-corrected chi connectivity index (χ1v) is 9.30. The molecule has 1 aromatic rings. The van der Waals surface area contributed by atoms with Gasteiger partial charge in [0.1, 0.15) is 11.5 Å². The third kappa shape index (κ3) is 5.80. The van der Waals surface area contributed by atoms with Gasteiger partial charge in [-0.15, -0.1) is 0 Å². The molecule has 0 aromatic heterocycles. The summed E-state index contributed by atoms with van der Waals surface area (Å²) in [6.07, 6.45) is 1.09. The molecular formula is C20H34N4O2. The minimum atomic E-state index is 0.134. The zero-order valence-electron chi connectivity index (χ0n) is 17.1. The number of benzene rings is 1. The molecule has 146 valence electrons. The standard InChI is InChI=1S/C20H34N4O2/c1-20(2,3)23-9-8-22-19(21-4)24-10-7-15(14-24)16-11-17(25-5)13-18(12-16)26-6/h11-13,15,23H,7-10,14H2,1-6H3,(H,21,22). The molecule has 2 N–H and O–H groups in total. The number of hydrogen-bond acceptors (Lipinski definition) is 4. The van der Waals surface area contributed by atoms with Crippen molar-refractivity contribution in [3.8, 4) is 11.5 Å². The molecule has 1 aromatic carbocycles. The quantitative estimate of drug-likeness (QED) is 0.462. The lowest BCUT2D eigenvalue weighted by Gasteiger charge is -2.24. The lowest BCUT2D eigenvalue weighted by molar-refractivity contribution is 0.392. The molecule has 2 rings (SSSR count). The molecule has 0 amide bonds. The van der Waals surface area contributed by atoms with Crippen molar-refractivity contribution in [3.05, 3.63) is 23.8 Å². The van der Waals surface area contributed by atoms with Crippen molar-refractivity contribution in [1.29, 1.82) is 0 Å². The third-order valence-corrected chi connectivity index (χ3v) is 4.61. The molecule has 0 saturated carbocycles. The van der Waals surface area contributed by atoms with Gasteiger partial charge >= 0.3 is 0 Å². The van der Waals surface area contributed by atoms with E-state index in [1.165, 1.54) is 5.56 Å². The van der Waals surface area contributed by atoms with Crippen LogP contribution in [-0.4, -0.2) is 63.8 Å². The van der Waals surface area contributed by atoms with Gasteiger partial charge in [0.05, 0.1) is 14.2 Å². The summed E-state index contributed by atoms with van der Waals surface area (Å²) in [5, 5.41) is 6.95. The minimum absolute atomic E-state index is 0.134. The van der Waals surface area contributed by atoms with Gasteiger partial charge in [-0.2, -0.15) is 0 Å². The maximum absolute atomic E-state index is 5.41. The van der Waals surface area contributed by atoms with Crippen LogP contribution in [0, 0.1) is 0 Å². The molecule has 26 heavy (non-hydrogen) atoms. The van der Waals surface area contributed by atoms with E-state index in [2.05, 4.69) is 53.4 Å². The molecule has 0 bridgehead atoms. The maximum Gasteiger partial charge on any atom is 0.193 e. The van der Waals surface area contributed by atoms with E-state index in [0.29, 0.717) is 5.92 Å². The number of nitrogens with one attached hydrogen (secondary N) is 2. The molecule has 1 aliphatic rings. The van der Waals surface area contributed by atoms with Crippen molar-refractivity contribution in [2.75, 3.05) is 47.4 Å². The highest BCUT2D eigenvalue weighted by Gasteiger charge is 2.26. The van der Waals surface area contributed by atoms with Gasteiger partial charge in [0, 0.05) is 50.7 Å². The second-order valence-corrected chi connectivity index (χ2v) is 7.73. The number of nitrogens with zero attached hydrogens (tertiary/aromatic N) is 2. The molecule has 0 spiro atoms. The largest absolute Gasteiger partial charge is 0.497 e. The zero-order valence-corrected chi connectivity index (χ0v) is 17.1. The van der Waals surface area contributed by atoms with Gasteiger partial charge in [-0.1, -0.05) is 0 Å². The Hall–Kier alpha value is -1.95. The Bertz CT molecular complexity index is 588. The SMILES string of the molecule is CN=C(NCCNC(C)(C)C)N1CCC(c2cc(OC)cc(OC)c2)C1. The van der Waals surface area contributed by atoms with Crippen LogP contribution in [0.2, 0.25) is 0 Å². The van der Waals surface area contributed by atoms with E-state index in [1.54, 1.807) is 14.2 Å². The number of hydrogen-bond donors (Lipinski definition) is 2. The lowest BCUT2D eigenvalue weighted by atomic mass is 9.98. The summed E-state index contributed by atoms with van der Waals surface area (Å²) in [6, 6.07) is 6.14. The number of aliphatic imine (C=N–C) groups is 1. The van der Waals surface area contributed by atoms with Crippen LogP contribution in [0.5, 0.6) is 11.5 Å². The number of likely N-dealkylation sites (tertiary alicyclic amines) is 1. The summed E-state index contributed by atoms with van der Waals surface area (Å²) in [7, 11) is 5.23. The van der Waals surface area contributed by atoms with Gasteiger partial charge < -0.3 is 25.0 Å². The van der Waals surface area contributed by atoms with Gasteiger partial charge in [0.15, 0.2) is 5.96 Å². The molecule has 1 fully saturated rings. The highest BCUT2D eigenvalue weighted by atomic mass is 16.5. The third-order valence-electron chi connectivity index (χ3n) is 4.61. The van der Waals surface area contributed by atoms with E-state index in [0.717, 1.165) is 50.1 Å². The highest BCUT2D eigenvalue weighted by Crippen LogP contribution is 2.32. The van der Waals surface area contributed by atoms with Gasteiger partial charge in [-0.25, -0.2) is 0 Å². The molecule has 1 aliphatic heterocycles. The molecule has 1 atom stereocenters. The molecule has 0 radical (unpaired) electrons. The summed E-state index contributed by atoms with van der Waals surface area (Å²) in [4.78, 5) is 6.78. The summed E-state index contributed by atoms with van der Waals surface area (Å²) in [5.74, 6) is 3.10. The van der Waals surface area contributed by atoms with Gasteiger partial charge in [0.25, 0.3) is 0 Å². The summed E-state index contributed by atoms with van der Waals surface area (Å²) < 4.78 is 10.8. The fourth-order valence-electron chi connectivity index (χ4n) is 3.23. The second-order valence-electron chi connectivity index (χ2n) is 7.73. The average Bonchev–Trinajstić information content (AvgIpc) is 3.10. The van der Waals surface area contributed by atoms with Crippen molar-refractivity contribution >= 4 is 5.96 Å². The molecular weight excluding hydrogens is 328 g/mol. The fraction of sp³-hybridized carbons (Fsp3) is 0.650. The van der Waals surface area contributed by atoms with Crippen molar-refractivity contribution in [1.82, 2.24) is 15.5 Å². The Labute approximate surface area is 158 Å². The van der Waals surface area contributed by atoms with Gasteiger partial charge in [-0.3, -0.25) is 4.99 Å². The molecule has 6 nitrogen and oxygen atoms in total. The molecule has 6 heteroatoms. The first kappa shape index (κ1) is 20.4. The van der Waals surface area contributed by atoms with Crippen LogP contribution in [-0.2, 0) is 0 Å². The topological polar surface area (TPSA) is 58.1 Å². The monoisotopic (exact) mass is 362 g/mol. The first-order chi connectivity index (χ1) is 12.4. The van der Waals surface area contributed by atoms with Crippen molar-refractivity contribution < 1.29 is 9.47 Å². The summed E-state index contributed by atoms with van der Waals surface area (Å²) >= 11 is 0. The molecule has 0 aliphatic carbocycles. The fourth-order valence-corrected chi connectivity index (χ4v) is 3.23. The highest BCUT2D eigenvalue weighted by molar-refractivity contribution is 5.80. The van der Waals surface area contributed by atoms with E-state index in [9.17, 15) is 0 Å². The Kier molecular flexibility index (Phi) is 7.14. The second kappa shape index (κ2) is 9.12. The van der Waals surface area contributed by atoms with E-state index >= 15 is 0 Å². The Morgan fingerprint density at radius 1 is 1.15 bits per heavy atom. The Morgan fingerprint density at radius 2 is 1.81 bits per heavy atom. The molecule has 1 saturated heterocycles.